The molecule has 0 radical (unpaired) electrons. The van der Waals surface area contributed by atoms with E-state index in [0.717, 1.165) is 22.2 Å². The van der Waals surface area contributed by atoms with Gasteiger partial charge in [-0.15, -0.1) is 0 Å². The van der Waals surface area contributed by atoms with Gasteiger partial charge < -0.3 is 19.7 Å². The number of nitrogens with zero attached hydrogens (tertiary/aromatic N) is 2. The molecule has 5 rings (SSSR count). The van der Waals surface area contributed by atoms with Crippen LogP contribution in [0.25, 0.3) is 16.7 Å². The number of hydrogen-bond donors (Lipinski definition) is 2. The number of aliphatic hydroxyl groups is 1. The Hall–Kier alpha value is -4.10. The minimum atomic E-state index is -0.813. The van der Waals surface area contributed by atoms with Crippen molar-refractivity contribution in [3.8, 4) is 5.75 Å². The van der Waals surface area contributed by atoms with Crippen LogP contribution in [-0.4, -0.2) is 45.3 Å². The number of rotatable bonds is 6. The van der Waals surface area contributed by atoms with Crippen LogP contribution in [0.15, 0.2) is 78.6 Å². The number of H-pyrrole nitrogens is 1. The Bertz CT molecular complexity index is 1440. The summed E-state index contributed by atoms with van der Waals surface area (Å²) in [5.41, 5.74) is 2.85. The van der Waals surface area contributed by atoms with Gasteiger partial charge in [0, 0.05) is 40.4 Å². The van der Waals surface area contributed by atoms with Gasteiger partial charge in [-0.3, -0.25) is 14.6 Å². The van der Waals surface area contributed by atoms with Crippen LogP contribution in [0, 0.1) is 0 Å². The number of carbonyl (C=O) groups is 2. The smallest absolute Gasteiger partial charge is 0.295 e. The van der Waals surface area contributed by atoms with Crippen molar-refractivity contribution >= 4 is 40.0 Å². The van der Waals surface area contributed by atoms with Gasteiger partial charge in [0.15, 0.2) is 0 Å². The van der Waals surface area contributed by atoms with Crippen LogP contribution in [0.1, 0.15) is 22.9 Å². The third-order valence-corrected chi connectivity index (χ3v) is 6.47. The third kappa shape index (κ3) is 4.15. The molecule has 176 valence electrons. The summed E-state index contributed by atoms with van der Waals surface area (Å²) in [6.07, 6.45) is 3.98. The number of Topliss-reactive ketones (excluding diaryl/α,β-unsaturated/α-hetero) is 1. The number of aromatic nitrogens is 2. The maximum absolute atomic E-state index is 13.2. The SMILES string of the molecule is COc1ccc2[nH]cc(CCN3C(=O)C(=O)C(=C(O)c4ccc(Cl)cc4)[C@H]3c3ccccn3)c2c1. The molecule has 8 heteroatoms. The number of benzene rings is 2. The van der Waals surface area contributed by atoms with Crippen LogP contribution in [0.5, 0.6) is 5.75 Å². The van der Waals surface area contributed by atoms with Gasteiger partial charge >= 0.3 is 0 Å². The van der Waals surface area contributed by atoms with Crippen molar-refractivity contribution in [2.45, 2.75) is 12.5 Å². The maximum Gasteiger partial charge on any atom is 0.295 e. The van der Waals surface area contributed by atoms with Gasteiger partial charge in [0.2, 0.25) is 0 Å². The van der Waals surface area contributed by atoms with E-state index < -0.39 is 17.7 Å². The molecule has 2 aromatic carbocycles. The lowest BCUT2D eigenvalue weighted by molar-refractivity contribution is -0.139. The van der Waals surface area contributed by atoms with Gasteiger partial charge in [-0.1, -0.05) is 17.7 Å². The maximum atomic E-state index is 13.2. The lowest BCUT2D eigenvalue weighted by atomic mass is 9.98. The molecule has 1 atom stereocenters. The number of fused-ring (bicyclic) bond motifs is 1. The molecule has 4 aromatic rings. The Morgan fingerprint density at radius 3 is 2.66 bits per heavy atom. The van der Waals surface area contributed by atoms with E-state index in [2.05, 4.69) is 9.97 Å². The highest BCUT2D eigenvalue weighted by atomic mass is 35.5. The normalized spacial score (nSPS) is 17.3. The molecule has 1 aliphatic heterocycles. The Balaban J connectivity index is 1.54. The summed E-state index contributed by atoms with van der Waals surface area (Å²) in [5, 5.41) is 12.6. The van der Waals surface area contributed by atoms with Gasteiger partial charge in [0.25, 0.3) is 11.7 Å². The van der Waals surface area contributed by atoms with E-state index >= 15 is 0 Å². The summed E-state index contributed by atoms with van der Waals surface area (Å²) in [7, 11) is 1.61. The van der Waals surface area contributed by atoms with Crippen LogP contribution >= 0.6 is 11.6 Å². The van der Waals surface area contributed by atoms with Gasteiger partial charge in [0.1, 0.15) is 17.6 Å². The van der Waals surface area contributed by atoms with Crippen molar-refractivity contribution in [1.82, 2.24) is 14.9 Å². The molecule has 0 bridgehead atoms. The van der Waals surface area contributed by atoms with E-state index in [1.807, 2.05) is 24.4 Å². The summed E-state index contributed by atoms with van der Waals surface area (Å²) in [5.74, 6) is -0.937. The minimum absolute atomic E-state index is 0.0108. The zero-order chi connectivity index (χ0) is 24.5. The number of ether oxygens (including phenoxy) is 1. The number of amides is 1. The number of pyridine rings is 1. The summed E-state index contributed by atoms with van der Waals surface area (Å²) < 4.78 is 5.35. The predicted octanol–water partition coefficient (Wildman–Crippen LogP) is 4.89. The fraction of sp³-hybridized carbons (Fsp3) is 0.148. The Morgan fingerprint density at radius 2 is 1.94 bits per heavy atom. The molecule has 3 heterocycles. The Morgan fingerprint density at radius 1 is 1.14 bits per heavy atom. The highest BCUT2D eigenvalue weighted by Gasteiger charge is 2.46. The molecular weight excluding hydrogens is 466 g/mol. The van der Waals surface area contributed by atoms with Crippen molar-refractivity contribution in [3.05, 3.63) is 100 Å². The molecule has 0 aliphatic carbocycles. The number of likely N-dealkylation sites (tertiary alicyclic amines) is 1. The first-order valence-corrected chi connectivity index (χ1v) is 11.4. The average Bonchev–Trinajstić information content (AvgIpc) is 3.40. The molecule has 7 nitrogen and oxygen atoms in total. The second-order valence-corrected chi connectivity index (χ2v) is 8.67. The molecule has 2 N–H and O–H groups in total. The van der Waals surface area contributed by atoms with Crippen molar-refractivity contribution in [1.29, 1.82) is 0 Å². The largest absolute Gasteiger partial charge is 0.507 e. The number of methoxy groups -OCH3 is 1. The van der Waals surface area contributed by atoms with Crippen molar-refractivity contribution in [2.75, 3.05) is 13.7 Å². The molecule has 1 fully saturated rings. The van der Waals surface area contributed by atoms with Gasteiger partial charge in [0.05, 0.1) is 18.4 Å². The summed E-state index contributed by atoms with van der Waals surface area (Å²) in [4.78, 5) is 35.4. The second-order valence-electron chi connectivity index (χ2n) is 8.23. The minimum Gasteiger partial charge on any atom is -0.507 e. The summed E-state index contributed by atoms with van der Waals surface area (Å²) in [6.45, 7) is 0.257. The monoisotopic (exact) mass is 487 g/mol. The van der Waals surface area contributed by atoms with E-state index in [4.69, 9.17) is 16.3 Å². The molecule has 0 spiro atoms. The molecule has 0 unspecified atom stereocenters. The van der Waals surface area contributed by atoms with Crippen molar-refractivity contribution in [2.24, 2.45) is 0 Å². The average molecular weight is 488 g/mol. The number of nitrogens with one attached hydrogen (secondary N) is 1. The van der Waals surface area contributed by atoms with Crippen LogP contribution in [0.4, 0.5) is 0 Å². The van der Waals surface area contributed by atoms with E-state index in [9.17, 15) is 14.7 Å². The first-order valence-electron chi connectivity index (χ1n) is 11.1. The van der Waals surface area contributed by atoms with E-state index in [0.29, 0.717) is 22.7 Å². The number of aliphatic hydroxyl groups excluding tert-OH is 1. The number of aromatic amines is 1. The number of halogens is 1. The van der Waals surface area contributed by atoms with Crippen LogP contribution in [0.2, 0.25) is 5.02 Å². The molecule has 1 amide bonds. The number of hydrogen-bond acceptors (Lipinski definition) is 5. The zero-order valence-electron chi connectivity index (χ0n) is 18.9. The number of carbonyl (C=O) groups excluding carboxylic acids is 2. The predicted molar refractivity (Wildman–Crippen MR) is 133 cm³/mol. The second kappa shape index (κ2) is 9.27. The first-order chi connectivity index (χ1) is 17.0. The summed E-state index contributed by atoms with van der Waals surface area (Å²) in [6, 6.07) is 16.7. The summed E-state index contributed by atoms with van der Waals surface area (Å²) >= 11 is 5.98. The van der Waals surface area contributed by atoms with Crippen LogP contribution in [0.3, 0.4) is 0 Å². The number of ketones is 1. The fourth-order valence-corrected chi connectivity index (χ4v) is 4.58. The van der Waals surface area contributed by atoms with Gasteiger partial charge in [-0.2, -0.15) is 0 Å². The van der Waals surface area contributed by atoms with E-state index in [1.54, 1.807) is 55.8 Å². The quantitative estimate of drug-likeness (QED) is 0.229. The topological polar surface area (TPSA) is 95.5 Å². The van der Waals surface area contributed by atoms with Crippen LogP contribution < -0.4 is 4.74 Å². The van der Waals surface area contributed by atoms with Crippen molar-refractivity contribution < 1.29 is 19.4 Å². The highest BCUT2D eigenvalue weighted by Crippen LogP contribution is 2.39. The van der Waals surface area contributed by atoms with Gasteiger partial charge in [-0.05, 0) is 66.6 Å². The highest BCUT2D eigenvalue weighted by molar-refractivity contribution is 6.46. The molecule has 1 saturated heterocycles. The lowest BCUT2D eigenvalue weighted by Crippen LogP contribution is -2.32. The molecule has 1 aliphatic rings. The lowest BCUT2D eigenvalue weighted by Gasteiger charge is -2.24. The van der Waals surface area contributed by atoms with Gasteiger partial charge in [-0.25, -0.2) is 0 Å². The first kappa shape index (κ1) is 22.7. The molecular formula is C27H22ClN3O4. The Kier molecular flexibility index (Phi) is 6.01. The molecule has 35 heavy (non-hydrogen) atoms. The van der Waals surface area contributed by atoms with E-state index in [1.165, 1.54) is 4.90 Å². The standard InChI is InChI=1S/C27H22ClN3O4/c1-35-19-9-10-21-20(14-19)17(15-30-21)11-13-31-24(22-4-2-3-12-29-22)23(26(33)27(31)34)25(32)16-5-7-18(28)8-6-16/h2-10,12,14-15,24,30,32H,11,13H2,1H3/t24-/m1/s1. The zero-order valence-corrected chi connectivity index (χ0v) is 19.6. The van der Waals surface area contributed by atoms with E-state index in [-0.39, 0.29) is 17.9 Å². The van der Waals surface area contributed by atoms with Crippen molar-refractivity contribution in [3.63, 3.8) is 0 Å². The third-order valence-electron chi connectivity index (χ3n) is 6.22. The fourth-order valence-electron chi connectivity index (χ4n) is 4.45. The van der Waals surface area contributed by atoms with Crippen LogP contribution in [-0.2, 0) is 16.0 Å². The Labute approximate surface area is 206 Å². The molecule has 0 saturated carbocycles. The molecule has 2 aromatic heterocycles.